The van der Waals surface area contributed by atoms with Gasteiger partial charge in [0, 0.05) is 11.3 Å². The van der Waals surface area contributed by atoms with Crippen molar-refractivity contribution in [3.05, 3.63) is 35.4 Å². The summed E-state index contributed by atoms with van der Waals surface area (Å²) in [5.74, 6) is -0.000856. The van der Waals surface area contributed by atoms with Crippen LogP contribution in [0.5, 0.6) is 0 Å². The Balaban J connectivity index is 2.77. The minimum atomic E-state index is -2.06. The molecule has 0 saturated heterocycles. The molecule has 0 aliphatic carbocycles. The number of rotatable bonds is 3. The molecule has 0 aromatic heterocycles. The van der Waals surface area contributed by atoms with Crippen molar-refractivity contribution in [3.8, 4) is 0 Å². The van der Waals surface area contributed by atoms with Crippen molar-refractivity contribution >= 4 is 17.4 Å². The van der Waals surface area contributed by atoms with Gasteiger partial charge in [-0.3, -0.25) is 9.00 Å². The summed E-state index contributed by atoms with van der Waals surface area (Å²) in [6.45, 7) is 0. The zero-order valence-electron chi connectivity index (χ0n) is 6.23. The topological polar surface area (TPSA) is 57.2 Å². The van der Waals surface area contributed by atoms with Crippen molar-refractivity contribution in [1.82, 2.24) is 0 Å². The average Bonchev–Trinajstić information content (AvgIpc) is 2.05. The molecule has 12 heavy (non-hydrogen) atoms. The highest BCUT2D eigenvalue weighted by Gasteiger charge is 1.92. The van der Waals surface area contributed by atoms with Gasteiger partial charge in [0.25, 0.3) is 0 Å². The van der Waals surface area contributed by atoms with Gasteiger partial charge in [0.05, 0.1) is 0 Å². The second kappa shape index (κ2) is 4.13. The van der Waals surface area contributed by atoms with Crippen LogP contribution in [0, 0.1) is 0 Å². The van der Waals surface area contributed by atoms with Gasteiger partial charge in [0.15, 0.2) is 0 Å². The number of hydrogen-bond donors (Lipinski definition) is 0. The van der Waals surface area contributed by atoms with Gasteiger partial charge < -0.3 is 4.55 Å². The van der Waals surface area contributed by atoms with Crippen molar-refractivity contribution in [2.24, 2.45) is 0 Å². The van der Waals surface area contributed by atoms with E-state index in [-0.39, 0.29) is 5.75 Å². The molecule has 0 aliphatic heterocycles. The van der Waals surface area contributed by atoms with Crippen LogP contribution in [-0.2, 0) is 16.8 Å². The van der Waals surface area contributed by atoms with E-state index in [4.69, 9.17) is 0 Å². The molecule has 0 aliphatic rings. The number of carbonyl (C=O) groups is 1. The van der Waals surface area contributed by atoms with Crippen LogP contribution >= 0.6 is 0 Å². The van der Waals surface area contributed by atoms with E-state index >= 15 is 0 Å². The number of carbonyl (C=O) groups excluding carboxylic acids is 1. The zero-order chi connectivity index (χ0) is 8.97. The SMILES string of the molecule is O=Cc1ccc(CS(=O)[O-])cc1. The Labute approximate surface area is 72.7 Å². The highest BCUT2D eigenvalue weighted by Crippen LogP contribution is 2.04. The molecule has 0 fully saturated rings. The summed E-state index contributed by atoms with van der Waals surface area (Å²) < 4.78 is 20.5. The van der Waals surface area contributed by atoms with E-state index < -0.39 is 11.1 Å². The molecule has 0 heterocycles. The summed E-state index contributed by atoms with van der Waals surface area (Å²) in [6.07, 6.45) is 0.720. The largest absolute Gasteiger partial charge is 0.772 e. The van der Waals surface area contributed by atoms with Crippen LogP contribution in [0.25, 0.3) is 0 Å². The zero-order valence-corrected chi connectivity index (χ0v) is 7.04. The minimum absolute atomic E-state index is 0.000856. The fourth-order valence-electron chi connectivity index (χ4n) is 0.829. The van der Waals surface area contributed by atoms with Gasteiger partial charge in [-0.15, -0.1) is 0 Å². The Morgan fingerprint density at radius 1 is 1.33 bits per heavy atom. The molecule has 1 unspecified atom stereocenters. The van der Waals surface area contributed by atoms with Crippen LogP contribution in [0.1, 0.15) is 15.9 Å². The second-order valence-corrected chi connectivity index (χ2v) is 3.20. The van der Waals surface area contributed by atoms with Crippen LogP contribution in [0.15, 0.2) is 24.3 Å². The maximum absolute atomic E-state index is 10.3. The average molecular weight is 183 g/mol. The van der Waals surface area contributed by atoms with Gasteiger partial charge in [-0.25, -0.2) is 0 Å². The van der Waals surface area contributed by atoms with E-state index in [1.807, 2.05) is 0 Å². The predicted molar refractivity (Wildman–Crippen MR) is 44.5 cm³/mol. The summed E-state index contributed by atoms with van der Waals surface area (Å²) in [6, 6.07) is 6.43. The molecule has 0 saturated carbocycles. The maximum atomic E-state index is 10.3. The first-order valence-corrected chi connectivity index (χ1v) is 4.57. The molecule has 0 bridgehead atoms. The molecule has 3 nitrogen and oxygen atoms in total. The first kappa shape index (κ1) is 9.09. The predicted octanol–water partition coefficient (Wildman–Crippen LogP) is 0.878. The first-order chi connectivity index (χ1) is 5.72. The van der Waals surface area contributed by atoms with Crippen molar-refractivity contribution in [1.29, 1.82) is 0 Å². The standard InChI is InChI=1S/C8H8O3S/c9-5-7-1-3-8(4-2-7)6-12(10)11/h1-5H,6H2,(H,10,11)/p-1. The molecule has 0 spiro atoms. The third kappa shape index (κ3) is 2.56. The van der Waals surface area contributed by atoms with E-state index in [9.17, 15) is 13.6 Å². The number of hydrogen-bond acceptors (Lipinski definition) is 3. The minimum Gasteiger partial charge on any atom is -0.772 e. The van der Waals surface area contributed by atoms with E-state index in [1.165, 1.54) is 0 Å². The summed E-state index contributed by atoms with van der Waals surface area (Å²) in [4.78, 5) is 10.2. The summed E-state index contributed by atoms with van der Waals surface area (Å²) in [5, 5.41) is 0. The Morgan fingerprint density at radius 3 is 2.33 bits per heavy atom. The van der Waals surface area contributed by atoms with Gasteiger partial charge in [-0.2, -0.15) is 0 Å². The molecule has 0 amide bonds. The third-order valence-electron chi connectivity index (χ3n) is 1.40. The van der Waals surface area contributed by atoms with Crippen LogP contribution in [0.2, 0.25) is 0 Å². The van der Waals surface area contributed by atoms with Gasteiger partial charge >= 0.3 is 0 Å². The van der Waals surface area contributed by atoms with E-state index in [1.54, 1.807) is 24.3 Å². The lowest BCUT2D eigenvalue weighted by atomic mass is 10.2. The monoisotopic (exact) mass is 183 g/mol. The van der Waals surface area contributed by atoms with Crippen molar-refractivity contribution in [3.63, 3.8) is 0 Å². The molecule has 1 rings (SSSR count). The summed E-state index contributed by atoms with van der Waals surface area (Å²) in [5.41, 5.74) is 1.24. The number of aldehydes is 1. The molecule has 1 aromatic rings. The molecule has 0 radical (unpaired) electrons. The first-order valence-electron chi connectivity index (χ1n) is 3.32. The summed E-state index contributed by atoms with van der Waals surface area (Å²) in [7, 11) is 0. The highest BCUT2D eigenvalue weighted by molar-refractivity contribution is 7.78. The fourth-order valence-corrected chi connectivity index (χ4v) is 1.29. The molecular formula is C8H7O3S-. The van der Waals surface area contributed by atoms with Crippen LogP contribution in [0.3, 0.4) is 0 Å². The normalized spacial score (nSPS) is 12.4. The van der Waals surface area contributed by atoms with Gasteiger partial charge in [-0.1, -0.05) is 35.3 Å². The molecular weight excluding hydrogens is 176 g/mol. The Hall–Kier alpha value is -1.00. The lowest BCUT2D eigenvalue weighted by molar-refractivity contribution is 0.112. The number of benzene rings is 1. The smallest absolute Gasteiger partial charge is 0.150 e. The van der Waals surface area contributed by atoms with Crippen LogP contribution < -0.4 is 0 Å². The van der Waals surface area contributed by atoms with E-state index in [2.05, 4.69) is 0 Å². The van der Waals surface area contributed by atoms with Crippen molar-refractivity contribution in [2.45, 2.75) is 5.75 Å². The van der Waals surface area contributed by atoms with E-state index in [0.29, 0.717) is 11.1 Å². The van der Waals surface area contributed by atoms with Gasteiger partial charge in [0.2, 0.25) is 0 Å². The molecule has 64 valence electrons. The lowest BCUT2D eigenvalue weighted by Gasteiger charge is -2.03. The fraction of sp³-hybridized carbons (Fsp3) is 0.125. The molecule has 0 N–H and O–H groups in total. The summed E-state index contributed by atoms with van der Waals surface area (Å²) >= 11 is -2.06. The quantitative estimate of drug-likeness (QED) is 0.516. The van der Waals surface area contributed by atoms with Crippen LogP contribution in [-0.4, -0.2) is 15.0 Å². The van der Waals surface area contributed by atoms with Crippen molar-refractivity contribution < 1.29 is 13.6 Å². The molecule has 1 aromatic carbocycles. The Morgan fingerprint density at radius 2 is 1.92 bits per heavy atom. The van der Waals surface area contributed by atoms with Crippen molar-refractivity contribution in [2.75, 3.05) is 0 Å². The Bertz CT molecular complexity index is 292. The molecule has 4 heteroatoms. The van der Waals surface area contributed by atoms with Gasteiger partial charge in [-0.05, 0) is 5.56 Å². The highest BCUT2D eigenvalue weighted by atomic mass is 32.2. The Kier molecular flexibility index (Phi) is 3.13. The third-order valence-corrected chi connectivity index (χ3v) is 1.97. The second-order valence-electron chi connectivity index (χ2n) is 2.31. The lowest BCUT2D eigenvalue weighted by Crippen LogP contribution is -1.93. The van der Waals surface area contributed by atoms with Crippen LogP contribution in [0.4, 0.5) is 0 Å². The molecule has 1 atom stereocenters. The van der Waals surface area contributed by atoms with Gasteiger partial charge in [0.1, 0.15) is 6.29 Å². The maximum Gasteiger partial charge on any atom is 0.150 e. The van der Waals surface area contributed by atoms with E-state index in [0.717, 1.165) is 6.29 Å².